The molecule has 0 aromatic heterocycles. The van der Waals surface area contributed by atoms with Crippen molar-refractivity contribution in [1.82, 2.24) is 0 Å². The topological polar surface area (TPSA) is 0 Å². The summed E-state index contributed by atoms with van der Waals surface area (Å²) >= 11 is 0. The summed E-state index contributed by atoms with van der Waals surface area (Å²) in [7, 11) is 0. The van der Waals surface area contributed by atoms with E-state index >= 15 is 0 Å². The Labute approximate surface area is 138 Å². The summed E-state index contributed by atoms with van der Waals surface area (Å²) in [6.45, 7) is 15.4. The maximum atomic E-state index is 3.16. The van der Waals surface area contributed by atoms with E-state index in [0.717, 1.165) is 6.42 Å². The van der Waals surface area contributed by atoms with E-state index in [1.54, 1.807) is 0 Å². The summed E-state index contributed by atoms with van der Waals surface area (Å²) in [6.07, 6.45) is 8.50. The molecule has 0 unspecified atom stereocenters. The SMILES string of the molecule is CC(C)(C)C1=CC[C-]=C1.Cc1c[c-](C)c(C)c1C.[Zr+2]. The van der Waals surface area contributed by atoms with Crippen LogP contribution in [0.2, 0.25) is 0 Å². The van der Waals surface area contributed by atoms with E-state index < -0.39 is 0 Å². The van der Waals surface area contributed by atoms with E-state index in [1.165, 1.54) is 27.8 Å². The molecule has 0 saturated carbocycles. The first-order valence-corrected chi connectivity index (χ1v) is 6.71. The fourth-order valence-electron chi connectivity index (χ4n) is 2.05. The number of aryl methyl sites for hydroxylation is 2. The van der Waals surface area contributed by atoms with Crippen LogP contribution in [0.5, 0.6) is 0 Å². The molecule has 1 heteroatoms. The summed E-state index contributed by atoms with van der Waals surface area (Å²) < 4.78 is 0. The Balaban J connectivity index is 0.000000324. The van der Waals surface area contributed by atoms with Crippen LogP contribution in [0.25, 0.3) is 0 Å². The van der Waals surface area contributed by atoms with E-state index in [4.69, 9.17) is 0 Å². The monoisotopic (exact) mass is 332 g/mol. The van der Waals surface area contributed by atoms with Crippen LogP contribution in [0, 0.1) is 39.2 Å². The molecule has 0 spiro atoms. The Kier molecular flexibility index (Phi) is 7.37. The van der Waals surface area contributed by atoms with Crippen molar-refractivity contribution < 1.29 is 26.2 Å². The van der Waals surface area contributed by atoms with Crippen molar-refractivity contribution in [2.45, 2.75) is 54.9 Å². The van der Waals surface area contributed by atoms with Crippen LogP contribution in [0.15, 0.2) is 23.8 Å². The van der Waals surface area contributed by atoms with Crippen molar-refractivity contribution >= 4 is 0 Å². The number of allylic oxidation sites excluding steroid dienone is 4. The molecule has 0 nitrogen and oxygen atoms in total. The number of rotatable bonds is 0. The molecule has 0 atom stereocenters. The molecular formula is C18H26Zr. The molecule has 2 rings (SSSR count). The Hall–Kier alpha value is -0.287. The third-order valence-electron chi connectivity index (χ3n) is 3.74. The average Bonchev–Trinajstić information content (AvgIpc) is 2.86. The second-order valence-electron chi connectivity index (χ2n) is 6.22. The summed E-state index contributed by atoms with van der Waals surface area (Å²) in [5, 5.41) is 0. The first kappa shape index (κ1) is 18.7. The molecule has 19 heavy (non-hydrogen) atoms. The van der Waals surface area contributed by atoms with Crippen molar-refractivity contribution in [3.63, 3.8) is 0 Å². The maximum absolute atomic E-state index is 3.16. The van der Waals surface area contributed by atoms with Gasteiger partial charge in [-0.25, -0.2) is 6.08 Å². The molecule has 0 aliphatic heterocycles. The Morgan fingerprint density at radius 1 is 1.16 bits per heavy atom. The van der Waals surface area contributed by atoms with Gasteiger partial charge in [0, 0.05) is 0 Å². The fourth-order valence-corrected chi connectivity index (χ4v) is 2.05. The predicted molar refractivity (Wildman–Crippen MR) is 81.0 cm³/mol. The van der Waals surface area contributed by atoms with Crippen molar-refractivity contribution in [1.29, 1.82) is 0 Å². The minimum Gasteiger partial charge on any atom is -0.273 e. The van der Waals surface area contributed by atoms with Crippen LogP contribution >= 0.6 is 0 Å². The van der Waals surface area contributed by atoms with Crippen LogP contribution in [0.3, 0.4) is 0 Å². The molecule has 102 valence electrons. The third-order valence-corrected chi connectivity index (χ3v) is 3.74. The summed E-state index contributed by atoms with van der Waals surface area (Å²) in [6, 6.07) is 2.24. The van der Waals surface area contributed by atoms with Gasteiger partial charge in [0.25, 0.3) is 0 Å². The normalized spacial score (nSPS) is 13.5. The molecule has 0 amide bonds. The van der Waals surface area contributed by atoms with E-state index in [2.05, 4.69) is 72.8 Å². The molecule has 0 fully saturated rings. The quantitative estimate of drug-likeness (QED) is 0.561. The number of hydrogen-bond acceptors (Lipinski definition) is 0. The first-order valence-electron chi connectivity index (χ1n) is 6.71. The molecule has 0 radical (unpaired) electrons. The average molecular weight is 334 g/mol. The number of hydrogen-bond donors (Lipinski definition) is 0. The van der Waals surface area contributed by atoms with Gasteiger partial charge >= 0.3 is 26.2 Å². The Bertz CT molecular complexity index is 442. The van der Waals surface area contributed by atoms with Gasteiger partial charge in [-0.15, -0.1) is 6.42 Å². The third kappa shape index (κ3) is 5.30. The fraction of sp³-hybridized carbons (Fsp3) is 0.500. The van der Waals surface area contributed by atoms with E-state index in [-0.39, 0.29) is 26.2 Å². The molecule has 0 bridgehead atoms. The van der Waals surface area contributed by atoms with Gasteiger partial charge in [0.05, 0.1) is 0 Å². The molecule has 0 N–H and O–H groups in total. The molecule has 0 saturated heterocycles. The molecule has 1 aliphatic carbocycles. The van der Waals surface area contributed by atoms with Gasteiger partial charge in [0.1, 0.15) is 0 Å². The second kappa shape index (κ2) is 7.48. The van der Waals surface area contributed by atoms with Crippen molar-refractivity contribution in [2.75, 3.05) is 0 Å². The summed E-state index contributed by atoms with van der Waals surface area (Å²) in [5.41, 5.74) is 7.49. The van der Waals surface area contributed by atoms with Crippen molar-refractivity contribution in [3.05, 3.63) is 52.1 Å². The molecule has 1 aliphatic rings. The molecule has 1 aromatic carbocycles. The van der Waals surface area contributed by atoms with E-state index in [1.807, 2.05) is 0 Å². The maximum Gasteiger partial charge on any atom is 2.00 e. The van der Waals surface area contributed by atoms with E-state index in [9.17, 15) is 0 Å². The Morgan fingerprint density at radius 3 is 1.89 bits per heavy atom. The van der Waals surface area contributed by atoms with Gasteiger partial charge in [-0.05, 0) is 0 Å². The van der Waals surface area contributed by atoms with Gasteiger partial charge in [-0.2, -0.15) is 40.0 Å². The summed E-state index contributed by atoms with van der Waals surface area (Å²) in [4.78, 5) is 0. The van der Waals surface area contributed by atoms with Crippen LogP contribution in [-0.4, -0.2) is 0 Å². The minimum atomic E-state index is 0. The molecular weight excluding hydrogens is 307 g/mol. The van der Waals surface area contributed by atoms with Gasteiger partial charge in [0.15, 0.2) is 0 Å². The standard InChI is InChI=1S/2C9H13.Zr/c1-6-5-7(2)9(4)8(6)3;1-9(2,3)8-6-4-5-7-8;/h5H,1-4H3;6-7H,4H2,1-3H3;/q2*-1;+2. The zero-order valence-corrected chi connectivity index (χ0v) is 15.9. The summed E-state index contributed by atoms with van der Waals surface area (Å²) in [5.74, 6) is 0. The van der Waals surface area contributed by atoms with Gasteiger partial charge in [-0.3, -0.25) is 6.08 Å². The smallest absolute Gasteiger partial charge is 0.273 e. The van der Waals surface area contributed by atoms with Gasteiger partial charge in [0.2, 0.25) is 0 Å². The second-order valence-corrected chi connectivity index (χ2v) is 6.22. The Morgan fingerprint density at radius 2 is 1.74 bits per heavy atom. The first-order chi connectivity index (χ1) is 8.23. The van der Waals surface area contributed by atoms with Crippen molar-refractivity contribution in [2.24, 2.45) is 5.41 Å². The zero-order chi connectivity index (χ0) is 13.9. The molecule has 0 heterocycles. The van der Waals surface area contributed by atoms with E-state index in [0.29, 0.717) is 5.41 Å². The minimum absolute atomic E-state index is 0. The van der Waals surface area contributed by atoms with Crippen LogP contribution < -0.4 is 0 Å². The zero-order valence-electron chi connectivity index (χ0n) is 13.4. The van der Waals surface area contributed by atoms with Crippen LogP contribution in [0.1, 0.15) is 49.4 Å². The molecule has 1 aromatic rings. The predicted octanol–water partition coefficient (Wildman–Crippen LogP) is 5.36. The van der Waals surface area contributed by atoms with Crippen LogP contribution in [-0.2, 0) is 26.2 Å². The largest absolute Gasteiger partial charge is 2.00 e. The van der Waals surface area contributed by atoms with Crippen molar-refractivity contribution in [3.8, 4) is 0 Å². The van der Waals surface area contributed by atoms with Gasteiger partial charge in [-0.1, -0.05) is 53.9 Å². The van der Waals surface area contributed by atoms with Crippen LogP contribution in [0.4, 0.5) is 0 Å². The van der Waals surface area contributed by atoms with Gasteiger partial charge < -0.3 is 0 Å².